The average Bonchev–Trinajstić information content (AvgIpc) is 2.52. The maximum Gasteiger partial charge on any atom is 0.226 e. The van der Waals surface area contributed by atoms with E-state index in [2.05, 4.69) is 27.4 Å². The van der Waals surface area contributed by atoms with Crippen LogP contribution >= 0.6 is 0 Å². The molecule has 0 saturated carbocycles. The van der Waals surface area contributed by atoms with Crippen molar-refractivity contribution in [2.24, 2.45) is 0 Å². The van der Waals surface area contributed by atoms with Crippen LogP contribution in [0, 0.1) is 0 Å². The molecule has 21 heavy (non-hydrogen) atoms. The second kappa shape index (κ2) is 7.59. The van der Waals surface area contributed by atoms with Crippen LogP contribution in [0.2, 0.25) is 0 Å². The summed E-state index contributed by atoms with van der Waals surface area (Å²) in [6, 6.07) is 10.1. The highest BCUT2D eigenvalue weighted by molar-refractivity contribution is 5.41. The molecular weight excluding hydrogens is 264 g/mol. The Labute approximate surface area is 126 Å². The molecule has 5 heteroatoms. The first kappa shape index (κ1) is 15.3. The van der Waals surface area contributed by atoms with Crippen LogP contribution in [-0.4, -0.2) is 30.7 Å². The number of rotatable bonds is 7. The molecule has 0 fully saturated rings. The third-order valence-electron chi connectivity index (χ3n) is 3.08. The summed E-state index contributed by atoms with van der Waals surface area (Å²) < 4.78 is 5.50. The van der Waals surface area contributed by atoms with E-state index in [0.29, 0.717) is 19.1 Å². The number of benzene rings is 1. The second-order valence-corrected chi connectivity index (χ2v) is 4.90. The molecule has 1 heterocycles. The molecule has 112 valence electrons. The van der Waals surface area contributed by atoms with Crippen LogP contribution in [0.3, 0.4) is 0 Å². The van der Waals surface area contributed by atoms with E-state index in [1.54, 1.807) is 6.20 Å². The van der Waals surface area contributed by atoms with E-state index in [1.807, 2.05) is 44.1 Å². The van der Waals surface area contributed by atoms with Crippen molar-refractivity contribution < 1.29 is 4.74 Å². The number of hydrogen-bond donors (Lipinski definition) is 1. The van der Waals surface area contributed by atoms with Gasteiger partial charge in [-0.15, -0.1) is 0 Å². The number of ether oxygens (including phenoxy) is 1. The maximum atomic E-state index is 5.50. The van der Waals surface area contributed by atoms with Crippen LogP contribution in [0.15, 0.2) is 36.5 Å². The highest BCUT2D eigenvalue weighted by atomic mass is 16.5. The Hall–Kier alpha value is -2.14. The van der Waals surface area contributed by atoms with E-state index in [4.69, 9.17) is 4.74 Å². The number of nitrogens with zero attached hydrogens (tertiary/aromatic N) is 3. The molecule has 2 rings (SSSR count). The zero-order chi connectivity index (χ0) is 15.1. The zero-order valence-corrected chi connectivity index (χ0v) is 12.8. The third kappa shape index (κ3) is 4.43. The fraction of sp³-hybridized carbons (Fsp3) is 0.375. The molecule has 0 bridgehead atoms. The van der Waals surface area contributed by atoms with Gasteiger partial charge >= 0.3 is 0 Å². The minimum absolute atomic E-state index is 0.640. The van der Waals surface area contributed by atoms with E-state index >= 15 is 0 Å². The van der Waals surface area contributed by atoms with Gasteiger partial charge in [0.2, 0.25) is 5.95 Å². The van der Waals surface area contributed by atoms with Gasteiger partial charge in [-0.05, 0) is 24.1 Å². The second-order valence-electron chi connectivity index (χ2n) is 4.90. The monoisotopic (exact) mass is 286 g/mol. The molecule has 0 amide bonds. The summed E-state index contributed by atoms with van der Waals surface area (Å²) in [5.41, 5.74) is 2.42. The minimum atomic E-state index is 0.640. The molecule has 0 atom stereocenters. The van der Waals surface area contributed by atoms with E-state index in [-0.39, 0.29) is 0 Å². The van der Waals surface area contributed by atoms with Gasteiger partial charge in [0, 0.05) is 33.4 Å². The van der Waals surface area contributed by atoms with Crippen molar-refractivity contribution in [3.05, 3.63) is 47.7 Å². The summed E-state index contributed by atoms with van der Waals surface area (Å²) in [5.74, 6) is 1.52. The highest BCUT2D eigenvalue weighted by Gasteiger charge is 2.04. The van der Waals surface area contributed by atoms with Crippen molar-refractivity contribution in [1.29, 1.82) is 0 Å². The molecule has 5 nitrogen and oxygen atoms in total. The number of hydrogen-bond acceptors (Lipinski definition) is 5. The maximum absolute atomic E-state index is 5.50. The van der Waals surface area contributed by atoms with Crippen LogP contribution in [0.25, 0.3) is 0 Å². The molecule has 0 aliphatic heterocycles. The van der Waals surface area contributed by atoms with Gasteiger partial charge in [0.15, 0.2) is 0 Å². The average molecular weight is 286 g/mol. The number of aromatic nitrogens is 2. The lowest BCUT2D eigenvalue weighted by Gasteiger charge is -2.13. The lowest BCUT2D eigenvalue weighted by molar-refractivity contribution is 0.133. The van der Waals surface area contributed by atoms with Gasteiger partial charge in [0.25, 0.3) is 0 Å². The first-order valence-electron chi connectivity index (χ1n) is 7.09. The summed E-state index contributed by atoms with van der Waals surface area (Å²) in [7, 11) is 3.85. The van der Waals surface area contributed by atoms with Gasteiger partial charge in [-0.1, -0.05) is 24.3 Å². The van der Waals surface area contributed by atoms with Crippen LogP contribution in [0.1, 0.15) is 18.1 Å². The van der Waals surface area contributed by atoms with Crippen molar-refractivity contribution in [3.63, 3.8) is 0 Å². The van der Waals surface area contributed by atoms with E-state index in [0.717, 1.165) is 12.4 Å². The van der Waals surface area contributed by atoms with Crippen LogP contribution in [0.4, 0.5) is 11.8 Å². The Balaban J connectivity index is 2.04. The van der Waals surface area contributed by atoms with Gasteiger partial charge < -0.3 is 15.0 Å². The molecule has 0 radical (unpaired) electrons. The van der Waals surface area contributed by atoms with Gasteiger partial charge in [0.05, 0.1) is 6.61 Å². The Morgan fingerprint density at radius 3 is 2.62 bits per heavy atom. The van der Waals surface area contributed by atoms with E-state index in [1.165, 1.54) is 11.1 Å². The van der Waals surface area contributed by atoms with Crippen molar-refractivity contribution >= 4 is 11.8 Å². The Bertz CT molecular complexity index is 572. The lowest BCUT2D eigenvalue weighted by atomic mass is 10.1. The van der Waals surface area contributed by atoms with Gasteiger partial charge in [-0.25, -0.2) is 4.98 Å². The third-order valence-corrected chi connectivity index (χ3v) is 3.08. The molecule has 1 aromatic carbocycles. The first-order valence-corrected chi connectivity index (χ1v) is 7.09. The predicted octanol–water partition coefficient (Wildman–Crippen LogP) is 2.69. The van der Waals surface area contributed by atoms with Crippen molar-refractivity contribution in [1.82, 2.24) is 9.97 Å². The molecule has 0 unspecified atom stereocenters. The fourth-order valence-corrected chi connectivity index (χ4v) is 1.93. The summed E-state index contributed by atoms with van der Waals surface area (Å²) >= 11 is 0. The number of nitrogens with one attached hydrogen (secondary N) is 1. The summed E-state index contributed by atoms with van der Waals surface area (Å²) in [6.45, 7) is 4.08. The standard InChI is InChI=1S/C16H22N4O/c1-4-21-12-14-8-6-5-7-13(14)11-18-15-9-10-17-16(19-15)20(2)3/h5-10H,4,11-12H2,1-3H3,(H,17,18,19). The van der Waals surface area contributed by atoms with Crippen LogP contribution in [-0.2, 0) is 17.9 Å². The Morgan fingerprint density at radius 2 is 1.90 bits per heavy atom. The molecule has 0 saturated heterocycles. The summed E-state index contributed by atoms with van der Waals surface area (Å²) in [5, 5.41) is 3.34. The highest BCUT2D eigenvalue weighted by Crippen LogP contribution is 2.13. The van der Waals surface area contributed by atoms with Crippen molar-refractivity contribution in [3.8, 4) is 0 Å². The molecule has 0 aliphatic rings. The van der Waals surface area contributed by atoms with Crippen LogP contribution in [0.5, 0.6) is 0 Å². The Kier molecular flexibility index (Phi) is 5.51. The minimum Gasteiger partial charge on any atom is -0.377 e. The largest absolute Gasteiger partial charge is 0.377 e. The predicted molar refractivity (Wildman–Crippen MR) is 85.5 cm³/mol. The molecular formula is C16H22N4O. The Morgan fingerprint density at radius 1 is 1.14 bits per heavy atom. The zero-order valence-electron chi connectivity index (χ0n) is 12.8. The topological polar surface area (TPSA) is 50.3 Å². The molecule has 1 aromatic heterocycles. The van der Waals surface area contributed by atoms with Gasteiger partial charge in [-0.3, -0.25) is 0 Å². The normalized spacial score (nSPS) is 10.4. The molecule has 2 aromatic rings. The van der Waals surface area contributed by atoms with E-state index in [9.17, 15) is 0 Å². The summed E-state index contributed by atoms with van der Waals surface area (Å²) in [4.78, 5) is 10.5. The van der Waals surface area contributed by atoms with Crippen LogP contribution < -0.4 is 10.2 Å². The fourth-order valence-electron chi connectivity index (χ4n) is 1.93. The van der Waals surface area contributed by atoms with Crippen molar-refractivity contribution in [2.75, 3.05) is 30.9 Å². The van der Waals surface area contributed by atoms with Gasteiger partial charge in [-0.2, -0.15) is 4.98 Å². The SMILES string of the molecule is CCOCc1ccccc1CNc1ccnc(N(C)C)n1. The van der Waals surface area contributed by atoms with Gasteiger partial charge in [0.1, 0.15) is 5.82 Å². The molecule has 0 spiro atoms. The van der Waals surface area contributed by atoms with E-state index < -0.39 is 0 Å². The number of anilines is 2. The van der Waals surface area contributed by atoms with Crippen molar-refractivity contribution in [2.45, 2.75) is 20.1 Å². The lowest BCUT2D eigenvalue weighted by Crippen LogP contribution is -2.13. The first-order chi connectivity index (χ1) is 10.2. The summed E-state index contributed by atoms with van der Waals surface area (Å²) in [6.07, 6.45) is 1.76. The quantitative estimate of drug-likeness (QED) is 0.848. The molecule has 1 N–H and O–H groups in total. The smallest absolute Gasteiger partial charge is 0.226 e. The molecule has 0 aliphatic carbocycles.